The zero-order chi connectivity index (χ0) is 19.2. The summed E-state index contributed by atoms with van der Waals surface area (Å²) >= 11 is 1.62. The first kappa shape index (κ1) is 17.9. The lowest BCUT2D eigenvalue weighted by atomic mass is 9.87. The van der Waals surface area contributed by atoms with Crippen molar-refractivity contribution in [2.75, 3.05) is 0 Å². The predicted molar refractivity (Wildman–Crippen MR) is 107 cm³/mol. The molecule has 1 aliphatic rings. The molecule has 1 aliphatic carbocycles. The van der Waals surface area contributed by atoms with Crippen LogP contribution in [0.15, 0.2) is 60.0 Å². The number of aryl methyl sites for hydroxylation is 1. The molecule has 4 nitrogen and oxygen atoms in total. The van der Waals surface area contributed by atoms with Crippen molar-refractivity contribution in [1.82, 2.24) is 0 Å². The number of carboxylic acids is 1. The van der Waals surface area contributed by atoms with Crippen molar-refractivity contribution in [1.29, 1.82) is 0 Å². The molecule has 0 bridgehead atoms. The molecule has 0 saturated carbocycles. The number of carbonyl (C=O) groups is 1. The molecule has 1 heterocycles. The molecule has 1 aromatic heterocycles. The zero-order valence-corrected chi connectivity index (χ0v) is 16.0. The number of hydrogen-bond donors (Lipinski definition) is 2. The highest BCUT2D eigenvalue weighted by atomic mass is 32.1. The van der Waals surface area contributed by atoms with Crippen LogP contribution in [0.5, 0.6) is 0 Å². The van der Waals surface area contributed by atoms with Gasteiger partial charge in [-0.2, -0.15) is 0 Å². The van der Waals surface area contributed by atoms with Crippen molar-refractivity contribution >= 4 is 17.3 Å². The SMILES string of the molecule is Cc1ccsc1C1(OC(C)[C@H](N)C(=O)O)c2ccccc2-c2ccccc21. The van der Waals surface area contributed by atoms with E-state index in [1.807, 2.05) is 29.6 Å². The quantitative estimate of drug-likeness (QED) is 0.699. The molecule has 0 aliphatic heterocycles. The maximum Gasteiger partial charge on any atom is 0.323 e. The average Bonchev–Trinajstić information content (AvgIpc) is 3.22. The number of thiophene rings is 1. The number of aliphatic carboxylic acids is 1. The second kappa shape index (κ2) is 6.60. The third kappa shape index (κ3) is 2.62. The van der Waals surface area contributed by atoms with Gasteiger partial charge >= 0.3 is 5.97 Å². The van der Waals surface area contributed by atoms with Gasteiger partial charge in [0.25, 0.3) is 0 Å². The Morgan fingerprint density at radius 1 is 1.07 bits per heavy atom. The van der Waals surface area contributed by atoms with Crippen molar-refractivity contribution in [3.8, 4) is 11.1 Å². The summed E-state index contributed by atoms with van der Waals surface area (Å²) in [6, 6.07) is 17.3. The third-order valence-corrected chi connectivity index (χ3v) is 6.36. The lowest BCUT2D eigenvalue weighted by Gasteiger charge is -2.36. The molecule has 2 aromatic carbocycles. The van der Waals surface area contributed by atoms with Crippen LogP contribution >= 0.6 is 11.3 Å². The fraction of sp³-hybridized carbons (Fsp3) is 0.227. The topological polar surface area (TPSA) is 72.5 Å². The summed E-state index contributed by atoms with van der Waals surface area (Å²) in [7, 11) is 0. The van der Waals surface area contributed by atoms with Gasteiger partial charge in [0.1, 0.15) is 6.04 Å². The van der Waals surface area contributed by atoms with Gasteiger partial charge in [-0.3, -0.25) is 4.79 Å². The molecule has 0 radical (unpaired) electrons. The Hall–Kier alpha value is -2.47. The molecular formula is C22H21NO3S. The standard InChI is InChI=1S/C22H21NO3S/c1-13-11-12-27-20(13)22(26-14(2)19(23)21(24)25)17-9-5-3-7-15(17)16-8-4-6-10-18(16)22/h3-12,14,19H,23H2,1-2H3,(H,24,25)/t14?,19-/m0/s1. The van der Waals surface area contributed by atoms with Crippen molar-refractivity contribution in [2.45, 2.75) is 31.6 Å². The third-order valence-electron chi connectivity index (χ3n) is 5.24. The summed E-state index contributed by atoms with van der Waals surface area (Å²) in [6.07, 6.45) is -0.678. The second-order valence-electron chi connectivity index (χ2n) is 6.89. The molecular weight excluding hydrogens is 358 g/mol. The molecule has 5 heteroatoms. The summed E-state index contributed by atoms with van der Waals surface area (Å²) in [5.41, 5.74) is 10.4. The van der Waals surface area contributed by atoms with E-state index in [4.69, 9.17) is 10.5 Å². The molecule has 0 spiro atoms. The van der Waals surface area contributed by atoms with E-state index >= 15 is 0 Å². The van der Waals surface area contributed by atoms with E-state index in [1.165, 1.54) is 0 Å². The first-order valence-electron chi connectivity index (χ1n) is 8.87. The van der Waals surface area contributed by atoms with E-state index < -0.39 is 23.7 Å². The lowest BCUT2D eigenvalue weighted by molar-refractivity contribution is -0.144. The van der Waals surface area contributed by atoms with Crippen molar-refractivity contribution in [3.05, 3.63) is 81.5 Å². The molecule has 4 rings (SSSR count). The van der Waals surface area contributed by atoms with Crippen LogP contribution in [0.2, 0.25) is 0 Å². The Labute approximate surface area is 162 Å². The van der Waals surface area contributed by atoms with E-state index in [1.54, 1.807) is 18.3 Å². The number of fused-ring (bicyclic) bond motifs is 3. The Bertz CT molecular complexity index is 965. The average molecular weight is 379 g/mol. The monoisotopic (exact) mass is 379 g/mol. The van der Waals surface area contributed by atoms with Crippen LogP contribution in [0.25, 0.3) is 11.1 Å². The van der Waals surface area contributed by atoms with Gasteiger partial charge in [0.15, 0.2) is 5.60 Å². The molecule has 1 unspecified atom stereocenters. The van der Waals surface area contributed by atoms with E-state index in [0.29, 0.717) is 0 Å². The van der Waals surface area contributed by atoms with Gasteiger partial charge in [-0.25, -0.2) is 0 Å². The van der Waals surface area contributed by atoms with Crippen LogP contribution in [0, 0.1) is 6.92 Å². The Balaban J connectivity index is 2.00. The number of benzene rings is 2. The Morgan fingerprint density at radius 3 is 2.11 bits per heavy atom. The van der Waals surface area contributed by atoms with Gasteiger partial charge in [0, 0.05) is 16.0 Å². The highest BCUT2D eigenvalue weighted by molar-refractivity contribution is 7.10. The van der Waals surface area contributed by atoms with Gasteiger partial charge in [-0.05, 0) is 42.0 Å². The minimum Gasteiger partial charge on any atom is -0.480 e. The number of rotatable bonds is 5. The molecule has 0 amide bonds. The first-order valence-corrected chi connectivity index (χ1v) is 9.75. The molecule has 3 N–H and O–H groups in total. The summed E-state index contributed by atoms with van der Waals surface area (Å²) in [6.45, 7) is 3.79. The highest BCUT2D eigenvalue weighted by Crippen LogP contribution is 2.55. The predicted octanol–water partition coefficient (Wildman–Crippen LogP) is 4.15. The summed E-state index contributed by atoms with van der Waals surface area (Å²) in [5.74, 6) is -1.07. The second-order valence-corrected chi connectivity index (χ2v) is 7.81. The van der Waals surface area contributed by atoms with E-state index in [9.17, 15) is 9.90 Å². The molecule has 0 fully saturated rings. The normalized spacial score (nSPS) is 16.4. The molecule has 138 valence electrons. The summed E-state index contributed by atoms with van der Waals surface area (Å²) in [4.78, 5) is 12.5. The van der Waals surface area contributed by atoms with E-state index in [-0.39, 0.29) is 0 Å². The van der Waals surface area contributed by atoms with Gasteiger partial charge in [-0.15, -0.1) is 11.3 Å². The Kier molecular flexibility index (Phi) is 4.38. The molecule has 2 atom stereocenters. The maximum atomic E-state index is 11.5. The van der Waals surface area contributed by atoms with Crippen LogP contribution in [0.3, 0.4) is 0 Å². The van der Waals surface area contributed by atoms with Crippen molar-refractivity contribution in [3.63, 3.8) is 0 Å². The number of hydrogen-bond acceptors (Lipinski definition) is 4. The zero-order valence-electron chi connectivity index (χ0n) is 15.2. The summed E-state index contributed by atoms with van der Waals surface area (Å²) in [5, 5.41) is 11.4. The summed E-state index contributed by atoms with van der Waals surface area (Å²) < 4.78 is 6.60. The minimum absolute atomic E-state index is 0.678. The number of carboxylic acid groups (broad SMARTS) is 1. The molecule has 0 saturated heterocycles. The number of ether oxygens (including phenoxy) is 1. The lowest BCUT2D eigenvalue weighted by Crippen LogP contribution is -2.46. The van der Waals surface area contributed by atoms with Crippen molar-refractivity contribution < 1.29 is 14.6 Å². The van der Waals surface area contributed by atoms with Crippen LogP contribution in [-0.2, 0) is 15.1 Å². The van der Waals surface area contributed by atoms with Crippen LogP contribution in [-0.4, -0.2) is 23.2 Å². The molecule has 27 heavy (non-hydrogen) atoms. The Morgan fingerprint density at radius 2 is 1.63 bits per heavy atom. The van der Waals surface area contributed by atoms with Crippen LogP contribution < -0.4 is 5.73 Å². The first-order chi connectivity index (χ1) is 13.0. The van der Waals surface area contributed by atoms with Gasteiger partial charge < -0.3 is 15.6 Å². The largest absolute Gasteiger partial charge is 0.480 e. The van der Waals surface area contributed by atoms with E-state index in [2.05, 4.69) is 37.3 Å². The smallest absolute Gasteiger partial charge is 0.323 e. The van der Waals surface area contributed by atoms with Gasteiger partial charge in [0.2, 0.25) is 0 Å². The minimum atomic E-state index is -1.11. The van der Waals surface area contributed by atoms with Crippen molar-refractivity contribution in [2.24, 2.45) is 5.73 Å². The maximum absolute atomic E-state index is 11.5. The highest BCUT2D eigenvalue weighted by Gasteiger charge is 2.49. The molecule has 3 aromatic rings. The van der Waals surface area contributed by atoms with Crippen LogP contribution in [0.4, 0.5) is 0 Å². The fourth-order valence-electron chi connectivity index (χ4n) is 3.91. The van der Waals surface area contributed by atoms with Crippen LogP contribution in [0.1, 0.15) is 28.5 Å². The number of nitrogens with two attached hydrogens (primary N) is 1. The van der Waals surface area contributed by atoms with Gasteiger partial charge in [0.05, 0.1) is 6.10 Å². The fourth-order valence-corrected chi connectivity index (χ4v) is 5.00. The van der Waals surface area contributed by atoms with Gasteiger partial charge in [-0.1, -0.05) is 48.5 Å². The van der Waals surface area contributed by atoms with E-state index in [0.717, 1.165) is 32.7 Å².